The van der Waals surface area contributed by atoms with E-state index >= 15 is 0 Å². The Balaban J connectivity index is 2.11. The van der Waals surface area contributed by atoms with E-state index in [9.17, 15) is 5.11 Å². The number of nitrogens with zero attached hydrogens (tertiary/aromatic N) is 5. The highest BCUT2D eigenvalue weighted by Gasteiger charge is 2.14. The van der Waals surface area contributed by atoms with Crippen molar-refractivity contribution in [2.24, 2.45) is 0 Å². The summed E-state index contributed by atoms with van der Waals surface area (Å²) in [6.45, 7) is 4.62. The highest BCUT2D eigenvalue weighted by atomic mass is 16.3. The Bertz CT molecular complexity index is 479. The molecular weight excluding hydrogens is 218 g/mol. The summed E-state index contributed by atoms with van der Waals surface area (Å²) in [6, 6.07) is 0. The van der Waals surface area contributed by atoms with Crippen LogP contribution in [0.15, 0.2) is 18.7 Å². The lowest BCUT2D eigenvalue weighted by atomic mass is 10.2. The predicted molar refractivity (Wildman–Crippen MR) is 61.1 cm³/mol. The average Bonchev–Trinajstić information content (AvgIpc) is 2.77. The molecule has 2 aromatic rings. The summed E-state index contributed by atoms with van der Waals surface area (Å²) in [5.74, 6) is 1.16. The molecule has 0 amide bonds. The molecule has 17 heavy (non-hydrogen) atoms. The molecule has 0 aliphatic heterocycles. The molecule has 90 valence electrons. The second-order valence-electron chi connectivity index (χ2n) is 3.83. The topological polar surface area (TPSA) is 76.7 Å². The molecule has 0 saturated carbocycles. The zero-order chi connectivity index (χ0) is 12.3. The fraction of sp³-hybridized carbons (Fsp3) is 0.455. The summed E-state index contributed by atoms with van der Waals surface area (Å²) in [5, 5.41) is 14.0. The minimum atomic E-state index is -0.745. The van der Waals surface area contributed by atoms with Crippen molar-refractivity contribution in [2.45, 2.75) is 32.9 Å². The first-order valence-electron chi connectivity index (χ1n) is 5.54. The molecule has 0 aliphatic carbocycles. The van der Waals surface area contributed by atoms with Crippen LogP contribution in [0.3, 0.4) is 0 Å². The van der Waals surface area contributed by atoms with E-state index in [1.165, 1.54) is 6.33 Å². The summed E-state index contributed by atoms with van der Waals surface area (Å²) >= 11 is 0. The molecular formula is C11H15N5O. The Morgan fingerprint density at radius 1 is 1.29 bits per heavy atom. The number of rotatable bonds is 4. The summed E-state index contributed by atoms with van der Waals surface area (Å²) in [4.78, 5) is 12.3. The molecule has 0 bridgehead atoms. The van der Waals surface area contributed by atoms with Gasteiger partial charge >= 0.3 is 0 Å². The Kier molecular flexibility index (Phi) is 3.43. The Labute approximate surface area is 99.4 Å². The SMILES string of the molecule is CCn1ncnc1CC(O)c1ncc(C)cn1. The van der Waals surface area contributed by atoms with Crippen LogP contribution in [0.5, 0.6) is 0 Å². The van der Waals surface area contributed by atoms with E-state index in [0.29, 0.717) is 12.2 Å². The van der Waals surface area contributed by atoms with Gasteiger partial charge in [-0.2, -0.15) is 5.10 Å². The van der Waals surface area contributed by atoms with Crippen molar-refractivity contribution in [3.63, 3.8) is 0 Å². The lowest BCUT2D eigenvalue weighted by Gasteiger charge is -2.09. The highest BCUT2D eigenvalue weighted by Crippen LogP contribution is 2.12. The van der Waals surface area contributed by atoms with Crippen molar-refractivity contribution in [3.05, 3.63) is 35.9 Å². The Morgan fingerprint density at radius 2 is 2.00 bits per heavy atom. The second-order valence-corrected chi connectivity index (χ2v) is 3.83. The number of aliphatic hydroxyl groups excluding tert-OH is 1. The molecule has 0 aromatic carbocycles. The third-order valence-corrected chi connectivity index (χ3v) is 2.47. The quantitative estimate of drug-likeness (QED) is 0.840. The van der Waals surface area contributed by atoms with Gasteiger partial charge in [-0.1, -0.05) is 0 Å². The van der Waals surface area contributed by atoms with Gasteiger partial charge in [0, 0.05) is 25.4 Å². The van der Waals surface area contributed by atoms with Gasteiger partial charge in [0.25, 0.3) is 0 Å². The third-order valence-electron chi connectivity index (χ3n) is 2.47. The number of aromatic nitrogens is 5. The van der Waals surface area contributed by atoms with Gasteiger partial charge < -0.3 is 5.11 Å². The summed E-state index contributed by atoms with van der Waals surface area (Å²) in [7, 11) is 0. The van der Waals surface area contributed by atoms with Gasteiger partial charge in [0.15, 0.2) is 5.82 Å². The van der Waals surface area contributed by atoms with E-state index in [1.807, 2.05) is 13.8 Å². The van der Waals surface area contributed by atoms with E-state index in [-0.39, 0.29) is 0 Å². The summed E-state index contributed by atoms with van der Waals surface area (Å²) in [6.07, 6.45) is 4.50. The highest BCUT2D eigenvalue weighted by molar-refractivity contribution is 5.04. The first-order valence-corrected chi connectivity index (χ1v) is 5.54. The van der Waals surface area contributed by atoms with Crippen molar-refractivity contribution in [2.75, 3.05) is 0 Å². The van der Waals surface area contributed by atoms with Crippen LogP contribution in [0.1, 0.15) is 30.2 Å². The number of aliphatic hydroxyl groups is 1. The molecule has 2 rings (SSSR count). The van der Waals surface area contributed by atoms with Crippen LogP contribution in [0.4, 0.5) is 0 Å². The molecule has 1 unspecified atom stereocenters. The maximum Gasteiger partial charge on any atom is 0.157 e. The van der Waals surface area contributed by atoms with Crippen molar-refractivity contribution in [3.8, 4) is 0 Å². The fourth-order valence-corrected chi connectivity index (χ4v) is 1.55. The first-order chi connectivity index (χ1) is 8.20. The minimum Gasteiger partial charge on any atom is -0.385 e. The predicted octanol–water partition coefficient (Wildman–Crippen LogP) is 0.673. The van der Waals surface area contributed by atoms with Gasteiger partial charge in [-0.25, -0.2) is 15.0 Å². The van der Waals surface area contributed by atoms with Crippen LogP contribution >= 0.6 is 0 Å². The molecule has 0 fully saturated rings. The van der Waals surface area contributed by atoms with Gasteiger partial charge in [-0.15, -0.1) is 0 Å². The smallest absolute Gasteiger partial charge is 0.157 e. The van der Waals surface area contributed by atoms with Gasteiger partial charge in [0.05, 0.1) is 0 Å². The van der Waals surface area contributed by atoms with Crippen molar-refractivity contribution >= 4 is 0 Å². The minimum absolute atomic E-state index is 0.372. The van der Waals surface area contributed by atoms with Crippen LogP contribution in [0.2, 0.25) is 0 Å². The average molecular weight is 233 g/mol. The molecule has 1 N–H and O–H groups in total. The van der Waals surface area contributed by atoms with Crippen LogP contribution in [-0.4, -0.2) is 29.8 Å². The van der Waals surface area contributed by atoms with E-state index < -0.39 is 6.10 Å². The Morgan fingerprint density at radius 3 is 2.65 bits per heavy atom. The van der Waals surface area contributed by atoms with Crippen LogP contribution in [-0.2, 0) is 13.0 Å². The fourth-order valence-electron chi connectivity index (χ4n) is 1.55. The zero-order valence-electron chi connectivity index (χ0n) is 9.91. The largest absolute Gasteiger partial charge is 0.385 e. The molecule has 1 atom stereocenters. The van der Waals surface area contributed by atoms with Crippen molar-refractivity contribution in [1.29, 1.82) is 0 Å². The van der Waals surface area contributed by atoms with Gasteiger partial charge in [0.1, 0.15) is 18.3 Å². The molecule has 6 nitrogen and oxygen atoms in total. The molecule has 6 heteroatoms. The van der Waals surface area contributed by atoms with E-state index in [1.54, 1.807) is 17.1 Å². The standard InChI is InChI=1S/C11H15N5O/c1-3-16-10(14-7-15-16)4-9(17)11-12-5-8(2)6-13-11/h5-7,9,17H,3-4H2,1-2H3. The molecule has 2 aromatic heterocycles. The van der Waals surface area contributed by atoms with Crippen LogP contribution in [0.25, 0.3) is 0 Å². The summed E-state index contributed by atoms with van der Waals surface area (Å²) in [5.41, 5.74) is 0.970. The zero-order valence-corrected chi connectivity index (χ0v) is 9.91. The first kappa shape index (κ1) is 11.7. The monoisotopic (exact) mass is 233 g/mol. The van der Waals surface area contributed by atoms with Crippen LogP contribution in [0, 0.1) is 6.92 Å². The van der Waals surface area contributed by atoms with Gasteiger partial charge in [-0.05, 0) is 19.4 Å². The normalized spacial score (nSPS) is 12.6. The summed E-state index contributed by atoms with van der Waals surface area (Å²) < 4.78 is 1.75. The lowest BCUT2D eigenvalue weighted by Crippen LogP contribution is -2.11. The lowest BCUT2D eigenvalue weighted by molar-refractivity contribution is 0.164. The molecule has 0 saturated heterocycles. The van der Waals surface area contributed by atoms with Crippen molar-refractivity contribution < 1.29 is 5.11 Å². The Hall–Kier alpha value is -1.82. The third kappa shape index (κ3) is 2.65. The van der Waals surface area contributed by atoms with Crippen molar-refractivity contribution in [1.82, 2.24) is 24.7 Å². The number of aryl methyl sites for hydroxylation is 2. The maximum atomic E-state index is 10.00. The number of hydrogen-bond acceptors (Lipinski definition) is 5. The second kappa shape index (κ2) is 5.01. The maximum absolute atomic E-state index is 10.00. The van der Waals surface area contributed by atoms with E-state index in [0.717, 1.165) is 17.9 Å². The molecule has 0 spiro atoms. The van der Waals surface area contributed by atoms with E-state index in [4.69, 9.17) is 0 Å². The van der Waals surface area contributed by atoms with E-state index in [2.05, 4.69) is 20.1 Å². The van der Waals surface area contributed by atoms with Gasteiger partial charge in [0.2, 0.25) is 0 Å². The molecule has 0 radical (unpaired) electrons. The molecule has 2 heterocycles. The van der Waals surface area contributed by atoms with Gasteiger partial charge in [-0.3, -0.25) is 4.68 Å². The number of hydrogen-bond donors (Lipinski definition) is 1. The van der Waals surface area contributed by atoms with Crippen LogP contribution < -0.4 is 0 Å². The molecule has 0 aliphatic rings.